The van der Waals surface area contributed by atoms with Gasteiger partial charge in [-0.25, -0.2) is 8.78 Å². The summed E-state index contributed by atoms with van der Waals surface area (Å²) in [5.41, 5.74) is 1.07. The molecule has 118 valence electrons. The minimum absolute atomic E-state index is 0.112. The minimum atomic E-state index is -0.679. The van der Waals surface area contributed by atoms with Gasteiger partial charge in [-0.15, -0.1) is 0 Å². The quantitative estimate of drug-likeness (QED) is 0.816. The number of nitrogens with zero attached hydrogens (tertiary/aromatic N) is 1. The van der Waals surface area contributed by atoms with Crippen LogP contribution < -0.4 is 0 Å². The molecular formula is C19H17F2NO. The standard InChI is InChI=1S/C19H17F2NO/c1-13(23)22-12-14(17-10-16(20)8-9-18(17)21)11-19(22,2)15-6-4-3-5-7-15/h3-11H,12H2,1-2H3. The van der Waals surface area contributed by atoms with E-state index in [4.69, 9.17) is 0 Å². The van der Waals surface area contributed by atoms with E-state index in [9.17, 15) is 13.6 Å². The fourth-order valence-corrected chi connectivity index (χ4v) is 3.16. The lowest BCUT2D eigenvalue weighted by atomic mass is 9.90. The number of rotatable bonds is 2. The SMILES string of the molecule is CC(=O)N1CC(c2cc(F)ccc2F)=CC1(C)c1ccccc1. The van der Waals surface area contributed by atoms with Crippen molar-refractivity contribution < 1.29 is 13.6 Å². The molecule has 2 nitrogen and oxygen atoms in total. The predicted molar refractivity (Wildman–Crippen MR) is 85.5 cm³/mol. The first-order valence-electron chi connectivity index (χ1n) is 7.43. The Kier molecular flexibility index (Phi) is 3.76. The molecule has 0 fully saturated rings. The van der Waals surface area contributed by atoms with Gasteiger partial charge in [0, 0.05) is 19.0 Å². The van der Waals surface area contributed by atoms with Gasteiger partial charge in [-0.3, -0.25) is 4.79 Å². The average molecular weight is 313 g/mol. The van der Waals surface area contributed by atoms with Crippen LogP contribution in [0.1, 0.15) is 25.0 Å². The smallest absolute Gasteiger partial charge is 0.220 e. The van der Waals surface area contributed by atoms with Crippen LogP contribution in [0.4, 0.5) is 8.78 Å². The zero-order valence-electron chi connectivity index (χ0n) is 13.0. The van der Waals surface area contributed by atoms with Crippen LogP contribution in [0.25, 0.3) is 5.57 Å². The van der Waals surface area contributed by atoms with Crippen molar-refractivity contribution in [3.8, 4) is 0 Å². The van der Waals surface area contributed by atoms with Gasteiger partial charge in [-0.05, 0) is 42.3 Å². The lowest BCUT2D eigenvalue weighted by Gasteiger charge is -2.34. The highest BCUT2D eigenvalue weighted by atomic mass is 19.1. The highest BCUT2D eigenvalue weighted by molar-refractivity contribution is 5.82. The number of hydrogen-bond acceptors (Lipinski definition) is 1. The summed E-state index contributed by atoms with van der Waals surface area (Å²) in [6.07, 6.45) is 1.85. The number of halogens is 2. The fourth-order valence-electron chi connectivity index (χ4n) is 3.16. The van der Waals surface area contributed by atoms with E-state index >= 15 is 0 Å². The van der Waals surface area contributed by atoms with Gasteiger partial charge >= 0.3 is 0 Å². The van der Waals surface area contributed by atoms with Crippen molar-refractivity contribution in [3.05, 3.63) is 77.4 Å². The zero-order chi connectivity index (χ0) is 16.6. The van der Waals surface area contributed by atoms with Gasteiger partial charge in [-0.2, -0.15) is 0 Å². The van der Waals surface area contributed by atoms with Gasteiger partial charge in [0.1, 0.15) is 11.6 Å². The highest BCUT2D eigenvalue weighted by Gasteiger charge is 2.39. The molecule has 1 aliphatic rings. The second kappa shape index (κ2) is 5.61. The molecule has 2 aromatic carbocycles. The van der Waals surface area contributed by atoms with Crippen LogP contribution in [0, 0.1) is 11.6 Å². The van der Waals surface area contributed by atoms with Crippen molar-refractivity contribution in [2.24, 2.45) is 0 Å². The number of hydrogen-bond donors (Lipinski definition) is 0. The fraction of sp³-hybridized carbons (Fsp3) is 0.211. The van der Waals surface area contributed by atoms with E-state index in [0.29, 0.717) is 5.57 Å². The van der Waals surface area contributed by atoms with Gasteiger partial charge in [0.05, 0.1) is 5.54 Å². The maximum atomic E-state index is 14.1. The molecule has 3 rings (SSSR count). The van der Waals surface area contributed by atoms with Gasteiger partial charge < -0.3 is 4.90 Å². The molecule has 0 radical (unpaired) electrons. The van der Waals surface area contributed by atoms with Crippen LogP contribution in [-0.2, 0) is 10.3 Å². The topological polar surface area (TPSA) is 20.3 Å². The number of carbonyl (C=O) groups is 1. The molecule has 2 aromatic rings. The summed E-state index contributed by atoms with van der Waals surface area (Å²) >= 11 is 0. The molecule has 4 heteroatoms. The van der Waals surface area contributed by atoms with Crippen molar-refractivity contribution >= 4 is 11.5 Å². The van der Waals surface area contributed by atoms with Crippen molar-refractivity contribution in [2.75, 3.05) is 6.54 Å². The first-order chi connectivity index (χ1) is 10.9. The Morgan fingerprint density at radius 2 is 1.83 bits per heavy atom. The number of carbonyl (C=O) groups excluding carboxylic acids is 1. The Balaban J connectivity index is 2.12. The van der Waals surface area contributed by atoms with Crippen molar-refractivity contribution in [3.63, 3.8) is 0 Å². The monoisotopic (exact) mass is 313 g/mol. The number of benzene rings is 2. The predicted octanol–water partition coefficient (Wildman–Crippen LogP) is 4.13. The average Bonchev–Trinajstić information content (AvgIpc) is 2.90. The van der Waals surface area contributed by atoms with E-state index in [2.05, 4.69) is 0 Å². The third-order valence-electron chi connectivity index (χ3n) is 4.36. The first-order valence-corrected chi connectivity index (χ1v) is 7.43. The normalized spacial score (nSPS) is 20.5. The van der Waals surface area contributed by atoms with E-state index in [1.54, 1.807) is 4.90 Å². The summed E-state index contributed by atoms with van der Waals surface area (Å²) in [6.45, 7) is 3.65. The van der Waals surface area contributed by atoms with Gasteiger partial charge in [0.2, 0.25) is 5.91 Å². The van der Waals surface area contributed by atoms with Crippen LogP contribution in [0.15, 0.2) is 54.6 Å². The van der Waals surface area contributed by atoms with Crippen LogP contribution in [0.5, 0.6) is 0 Å². The molecule has 0 bridgehead atoms. The Labute approximate surface area is 134 Å². The van der Waals surface area contributed by atoms with Crippen molar-refractivity contribution in [2.45, 2.75) is 19.4 Å². The molecule has 0 saturated heterocycles. The maximum Gasteiger partial charge on any atom is 0.220 e. The Bertz CT molecular complexity index is 785. The summed E-state index contributed by atoms with van der Waals surface area (Å²) in [7, 11) is 0. The molecule has 0 spiro atoms. The summed E-state index contributed by atoms with van der Waals surface area (Å²) < 4.78 is 27.6. The number of amides is 1. The maximum absolute atomic E-state index is 14.1. The van der Waals surface area contributed by atoms with E-state index in [-0.39, 0.29) is 18.0 Å². The second-order valence-electron chi connectivity index (χ2n) is 5.91. The lowest BCUT2D eigenvalue weighted by molar-refractivity contribution is -0.131. The summed E-state index contributed by atoms with van der Waals surface area (Å²) in [5.74, 6) is -1.09. The molecule has 0 aliphatic carbocycles. The summed E-state index contributed by atoms with van der Waals surface area (Å²) in [4.78, 5) is 13.8. The van der Waals surface area contributed by atoms with Crippen LogP contribution >= 0.6 is 0 Å². The van der Waals surface area contributed by atoms with E-state index < -0.39 is 17.2 Å². The molecule has 23 heavy (non-hydrogen) atoms. The molecule has 0 saturated carbocycles. The molecule has 0 N–H and O–H groups in total. The Morgan fingerprint density at radius 3 is 2.48 bits per heavy atom. The van der Waals surface area contributed by atoms with E-state index in [1.165, 1.54) is 13.0 Å². The first kappa shape index (κ1) is 15.4. The second-order valence-corrected chi connectivity index (χ2v) is 5.91. The highest BCUT2D eigenvalue weighted by Crippen LogP contribution is 2.40. The summed E-state index contributed by atoms with van der Waals surface area (Å²) in [6, 6.07) is 12.9. The molecule has 1 unspecified atom stereocenters. The Hall–Kier alpha value is -2.49. The third-order valence-corrected chi connectivity index (χ3v) is 4.36. The van der Waals surface area contributed by atoms with Crippen LogP contribution in [0.3, 0.4) is 0 Å². The van der Waals surface area contributed by atoms with E-state index in [1.807, 2.05) is 43.3 Å². The third kappa shape index (κ3) is 2.65. The lowest BCUT2D eigenvalue weighted by Crippen LogP contribution is -2.42. The zero-order valence-corrected chi connectivity index (χ0v) is 13.0. The van der Waals surface area contributed by atoms with Crippen molar-refractivity contribution in [1.82, 2.24) is 4.90 Å². The molecule has 0 aromatic heterocycles. The Morgan fingerprint density at radius 1 is 1.13 bits per heavy atom. The molecule has 1 atom stereocenters. The van der Waals surface area contributed by atoms with Gasteiger partial charge in [0.25, 0.3) is 0 Å². The van der Waals surface area contributed by atoms with Crippen LogP contribution in [0.2, 0.25) is 0 Å². The van der Waals surface area contributed by atoms with E-state index in [0.717, 1.165) is 17.7 Å². The largest absolute Gasteiger partial charge is 0.326 e. The molecule has 1 heterocycles. The van der Waals surface area contributed by atoms with Crippen LogP contribution in [-0.4, -0.2) is 17.4 Å². The molecule has 1 aliphatic heterocycles. The van der Waals surface area contributed by atoms with Gasteiger partial charge in [-0.1, -0.05) is 30.3 Å². The molecular weight excluding hydrogens is 296 g/mol. The van der Waals surface area contributed by atoms with Crippen molar-refractivity contribution in [1.29, 1.82) is 0 Å². The molecule has 1 amide bonds. The van der Waals surface area contributed by atoms with Gasteiger partial charge in [0.15, 0.2) is 0 Å². The minimum Gasteiger partial charge on any atom is -0.326 e. The summed E-state index contributed by atoms with van der Waals surface area (Å²) in [5, 5.41) is 0.